The number of fused-ring (bicyclic) bond motifs is 1. The van der Waals surface area contributed by atoms with Crippen molar-refractivity contribution in [1.82, 2.24) is 13.9 Å². The first-order valence-corrected chi connectivity index (χ1v) is 11.1. The Balaban J connectivity index is 1.94. The summed E-state index contributed by atoms with van der Waals surface area (Å²) in [6.45, 7) is 3.36. The van der Waals surface area contributed by atoms with Crippen molar-refractivity contribution in [1.29, 1.82) is 0 Å². The zero-order chi connectivity index (χ0) is 21.2. The van der Waals surface area contributed by atoms with Crippen LogP contribution in [0.5, 0.6) is 5.75 Å². The van der Waals surface area contributed by atoms with Crippen LogP contribution in [-0.4, -0.2) is 43.5 Å². The van der Waals surface area contributed by atoms with E-state index in [0.29, 0.717) is 22.8 Å². The minimum absolute atomic E-state index is 0.234. The summed E-state index contributed by atoms with van der Waals surface area (Å²) in [6, 6.07) is 10.6. The molecule has 0 aliphatic heterocycles. The van der Waals surface area contributed by atoms with Crippen LogP contribution in [0.4, 0.5) is 5.69 Å². The maximum Gasteiger partial charge on any atom is 0.242 e. The largest absolute Gasteiger partial charge is 0.495 e. The maximum atomic E-state index is 12.4. The Hall–Kier alpha value is -2.29. The Morgan fingerprint density at radius 3 is 2.59 bits per heavy atom. The molecule has 7 nitrogen and oxygen atoms in total. The molecule has 0 aliphatic rings. The fourth-order valence-electron chi connectivity index (χ4n) is 3.10. The van der Waals surface area contributed by atoms with Gasteiger partial charge in [0.25, 0.3) is 0 Å². The molecule has 3 aromatic rings. The monoisotopic (exact) mass is 436 g/mol. The number of ether oxygens (including phenoxy) is 1. The van der Waals surface area contributed by atoms with Crippen molar-refractivity contribution in [3.63, 3.8) is 0 Å². The normalized spacial score (nSPS) is 11.9. The molecule has 0 spiro atoms. The van der Waals surface area contributed by atoms with Gasteiger partial charge < -0.3 is 14.6 Å². The summed E-state index contributed by atoms with van der Waals surface area (Å²) >= 11 is 6.20. The van der Waals surface area contributed by atoms with Gasteiger partial charge in [0.05, 0.1) is 34.6 Å². The fraction of sp³-hybridized carbons (Fsp3) is 0.350. The van der Waals surface area contributed by atoms with Crippen LogP contribution in [-0.2, 0) is 23.1 Å². The van der Waals surface area contributed by atoms with E-state index in [9.17, 15) is 8.42 Å². The minimum atomic E-state index is -3.51. The number of nitrogens with one attached hydrogen (secondary N) is 1. The molecule has 1 heterocycles. The molecular formula is C20H25ClN4O3S. The van der Waals surface area contributed by atoms with Crippen molar-refractivity contribution in [2.45, 2.75) is 31.3 Å². The third kappa shape index (κ3) is 4.34. The van der Waals surface area contributed by atoms with Crippen LogP contribution in [0.15, 0.2) is 41.3 Å². The second-order valence-corrected chi connectivity index (χ2v) is 9.38. The van der Waals surface area contributed by atoms with Crippen LogP contribution in [0.1, 0.15) is 19.2 Å². The smallest absolute Gasteiger partial charge is 0.242 e. The van der Waals surface area contributed by atoms with E-state index in [0.717, 1.165) is 30.0 Å². The molecule has 0 saturated carbocycles. The average Bonchev–Trinajstić information content (AvgIpc) is 3.03. The molecule has 0 atom stereocenters. The molecule has 0 aliphatic carbocycles. The number of methoxy groups -OCH3 is 1. The number of imidazole rings is 1. The van der Waals surface area contributed by atoms with Crippen molar-refractivity contribution in [3.8, 4) is 5.75 Å². The lowest BCUT2D eigenvalue weighted by Gasteiger charge is -2.12. The van der Waals surface area contributed by atoms with Gasteiger partial charge in [-0.2, -0.15) is 0 Å². The van der Waals surface area contributed by atoms with Gasteiger partial charge in [0.1, 0.15) is 11.6 Å². The molecule has 0 fully saturated rings. The van der Waals surface area contributed by atoms with Crippen molar-refractivity contribution in [2.75, 3.05) is 26.5 Å². The number of anilines is 1. The molecule has 1 aromatic heterocycles. The summed E-state index contributed by atoms with van der Waals surface area (Å²) in [6.07, 6.45) is 0.935. The van der Waals surface area contributed by atoms with Crippen molar-refractivity contribution >= 4 is 38.3 Å². The van der Waals surface area contributed by atoms with Gasteiger partial charge in [0, 0.05) is 26.3 Å². The van der Waals surface area contributed by atoms with Crippen molar-refractivity contribution < 1.29 is 13.2 Å². The second-order valence-electron chi connectivity index (χ2n) is 6.82. The van der Waals surface area contributed by atoms with Crippen LogP contribution in [0.2, 0.25) is 5.02 Å². The van der Waals surface area contributed by atoms with Crippen molar-refractivity contribution in [3.05, 3.63) is 47.2 Å². The molecule has 3 rings (SSSR count). The number of hydrogen-bond acceptors (Lipinski definition) is 5. The quantitative estimate of drug-likeness (QED) is 0.578. The van der Waals surface area contributed by atoms with Gasteiger partial charge in [0.15, 0.2) is 0 Å². The molecule has 0 unspecified atom stereocenters. The molecule has 0 bridgehead atoms. The third-order valence-electron chi connectivity index (χ3n) is 4.63. The molecule has 2 aromatic carbocycles. The van der Waals surface area contributed by atoms with Gasteiger partial charge in [-0.3, -0.25) is 0 Å². The highest BCUT2D eigenvalue weighted by molar-refractivity contribution is 7.89. The van der Waals surface area contributed by atoms with E-state index in [2.05, 4.69) is 16.8 Å². The number of rotatable bonds is 8. The number of sulfonamides is 1. The highest BCUT2D eigenvalue weighted by Gasteiger charge is 2.19. The van der Waals surface area contributed by atoms with Gasteiger partial charge in [-0.15, -0.1) is 0 Å². The van der Waals surface area contributed by atoms with Crippen LogP contribution in [0, 0.1) is 0 Å². The van der Waals surface area contributed by atoms with Crippen LogP contribution in [0.25, 0.3) is 11.0 Å². The third-order valence-corrected chi connectivity index (χ3v) is 6.73. The average molecular weight is 437 g/mol. The zero-order valence-electron chi connectivity index (χ0n) is 16.9. The molecule has 156 valence electrons. The van der Waals surface area contributed by atoms with Gasteiger partial charge in [0.2, 0.25) is 10.0 Å². The number of hydrogen-bond donors (Lipinski definition) is 1. The standard InChI is InChI=1S/C20H25ClN4O3S/c1-5-10-25-18-8-7-15(29(26,27)24(2)3)12-17(18)23-20(25)13-22-14-6-9-19(28-4)16(21)11-14/h6-9,11-12,22H,5,10,13H2,1-4H3. The Kier molecular flexibility index (Phi) is 6.36. The van der Waals surface area contributed by atoms with Crippen LogP contribution < -0.4 is 10.1 Å². The van der Waals surface area contributed by atoms with Crippen molar-refractivity contribution in [2.24, 2.45) is 0 Å². The maximum absolute atomic E-state index is 12.4. The highest BCUT2D eigenvalue weighted by Crippen LogP contribution is 2.28. The molecule has 29 heavy (non-hydrogen) atoms. The van der Waals surface area contributed by atoms with E-state index in [-0.39, 0.29) is 4.90 Å². The number of nitrogens with zero attached hydrogens (tertiary/aromatic N) is 3. The highest BCUT2D eigenvalue weighted by atomic mass is 35.5. The molecule has 0 radical (unpaired) electrons. The minimum Gasteiger partial charge on any atom is -0.495 e. The first kappa shape index (κ1) is 21.4. The van der Waals surface area contributed by atoms with Gasteiger partial charge in [-0.1, -0.05) is 18.5 Å². The summed E-state index contributed by atoms with van der Waals surface area (Å²) in [5.74, 6) is 1.44. The summed E-state index contributed by atoms with van der Waals surface area (Å²) in [5, 5.41) is 3.85. The number of aryl methyl sites for hydroxylation is 1. The summed E-state index contributed by atoms with van der Waals surface area (Å²) in [7, 11) is 1.10. The Morgan fingerprint density at radius 2 is 1.97 bits per heavy atom. The summed E-state index contributed by atoms with van der Waals surface area (Å²) in [4.78, 5) is 4.93. The first-order valence-electron chi connectivity index (χ1n) is 9.27. The lowest BCUT2D eigenvalue weighted by Crippen LogP contribution is -2.22. The summed E-state index contributed by atoms with van der Waals surface area (Å²) < 4.78 is 33.4. The van der Waals surface area contributed by atoms with E-state index in [1.54, 1.807) is 31.4 Å². The fourth-order valence-corrected chi connectivity index (χ4v) is 4.28. The topological polar surface area (TPSA) is 76.5 Å². The summed E-state index contributed by atoms with van der Waals surface area (Å²) in [5.41, 5.74) is 2.42. The first-order chi connectivity index (χ1) is 13.8. The number of halogens is 1. The predicted octanol–water partition coefficient (Wildman–Crippen LogP) is 3.97. The Labute approximate surface area is 176 Å². The van der Waals surface area contributed by atoms with E-state index in [1.165, 1.54) is 18.4 Å². The SMILES string of the molecule is CCCn1c(CNc2ccc(OC)c(Cl)c2)nc2cc(S(=O)(=O)N(C)C)ccc21. The van der Waals surface area contributed by atoms with E-state index >= 15 is 0 Å². The van der Waals surface area contributed by atoms with E-state index in [1.807, 2.05) is 12.1 Å². The second kappa shape index (κ2) is 8.61. The number of aromatic nitrogens is 2. The van der Waals surface area contributed by atoms with Gasteiger partial charge in [-0.05, 0) is 42.8 Å². The van der Waals surface area contributed by atoms with Crippen LogP contribution >= 0.6 is 11.6 Å². The molecular weight excluding hydrogens is 412 g/mol. The molecule has 0 saturated heterocycles. The van der Waals surface area contributed by atoms with Gasteiger partial charge in [-0.25, -0.2) is 17.7 Å². The number of benzene rings is 2. The lowest BCUT2D eigenvalue weighted by molar-refractivity contribution is 0.415. The predicted molar refractivity (Wildman–Crippen MR) is 116 cm³/mol. The lowest BCUT2D eigenvalue weighted by atomic mass is 10.3. The Bertz CT molecular complexity index is 1130. The zero-order valence-corrected chi connectivity index (χ0v) is 18.5. The van der Waals surface area contributed by atoms with Crippen LogP contribution in [0.3, 0.4) is 0 Å². The van der Waals surface area contributed by atoms with E-state index in [4.69, 9.17) is 21.3 Å². The molecule has 9 heteroatoms. The Morgan fingerprint density at radius 1 is 1.21 bits per heavy atom. The molecule has 1 N–H and O–H groups in total. The molecule has 0 amide bonds. The van der Waals surface area contributed by atoms with E-state index < -0.39 is 10.0 Å². The van der Waals surface area contributed by atoms with Gasteiger partial charge >= 0.3 is 0 Å².